The van der Waals surface area contributed by atoms with Gasteiger partial charge in [0.15, 0.2) is 0 Å². The maximum absolute atomic E-state index is 9.24. The average Bonchev–Trinajstić information content (AvgIpc) is 2.64. The Hall–Kier alpha value is -0.870. The number of aliphatic hydroxyl groups excluding tert-OH is 1. The van der Waals surface area contributed by atoms with Gasteiger partial charge in [-0.15, -0.1) is 0 Å². The third kappa shape index (κ3) is 3.32. The van der Waals surface area contributed by atoms with Crippen LogP contribution in [0.5, 0.6) is 0 Å². The molecule has 2 N–H and O–H groups in total. The van der Waals surface area contributed by atoms with Gasteiger partial charge in [-0.05, 0) is 12.5 Å². The van der Waals surface area contributed by atoms with Gasteiger partial charge in [-0.3, -0.25) is 4.68 Å². The molecule has 0 bridgehead atoms. The monoisotopic (exact) mass is 211 g/mol. The Morgan fingerprint density at radius 2 is 2.33 bits per heavy atom. The van der Waals surface area contributed by atoms with Crippen LogP contribution in [0.25, 0.3) is 0 Å². The molecule has 1 unspecified atom stereocenters. The Bertz CT molecular complexity index is 292. The third-order valence-corrected chi connectivity index (χ3v) is 3.02. The molecule has 1 heterocycles. The van der Waals surface area contributed by atoms with Gasteiger partial charge in [0.2, 0.25) is 0 Å². The van der Waals surface area contributed by atoms with E-state index in [-0.39, 0.29) is 12.0 Å². The van der Waals surface area contributed by atoms with E-state index in [0.29, 0.717) is 0 Å². The largest absolute Gasteiger partial charge is 0.396 e. The molecule has 1 aromatic heterocycles. The number of hydrogen-bond acceptors (Lipinski definition) is 3. The number of nitrogens with zero attached hydrogens (tertiary/aromatic N) is 2. The summed E-state index contributed by atoms with van der Waals surface area (Å²) >= 11 is 0. The van der Waals surface area contributed by atoms with Gasteiger partial charge in [0.1, 0.15) is 0 Å². The number of aliphatic hydroxyl groups is 1. The van der Waals surface area contributed by atoms with E-state index in [4.69, 9.17) is 0 Å². The van der Waals surface area contributed by atoms with E-state index in [2.05, 4.69) is 24.3 Å². The molecular formula is C11H21N3O. The van der Waals surface area contributed by atoms with Crippen molar-refractivity contribution >= 4 is 0 Å². The lowest BCUT2D eigenvalue weighted by Crippen LogP contribution is -2.34. The minimum atomic E-state index is -0.0153. The molecule has 0 spiro atoms. The first kappa shape index (κ1) is 12.2. The van der Waals surface area contributed by atoms with Gasteiger partial charge in [-0.1, -0.05) is 13.8 Å². The zero-order valence-corrected chi connectivity index (χ0v) is 9.82. The molecule has 0 aliphatic heterocycles. The van der Waals surface area contributed by atoms with Gasteiger partial charge in [-0.2, -0.15) is 5.10 Å². The maximum atomic E-state index is 9.24. The first-order valence-electron chi connectivity index (χ1n) is 5.40. The number of nitrogens with one attached hydrogen (secondary N) is 1. The van der Waals surface area contributed by atoms with Crippen molar-refractivity contribution in [1.82, 2.24) is 15.1 Å². The summed E-state index contributed by atoms with van der Waals surface area (Å²) in [6, 6.07) is 2.00. The molecule has 86 valence electrons. The lowest BCUT2D eigenvalue weighted by Gasteiger charge is -2.25. The summed E-state index contributed by atoms with van der Waals surface area (Å²) in [5, 5.41) is 16.7. The Labute approximate surface area is 91.3 Å². The lowest BCUT2D eigenvalue weighted by molar-refractivity contribution is 0.135. The van der Waals surface area contributed by atoms with Crippen LogP contribution in [0.1, 0.15) is 26.0 Å². The summed E-state index contributed by atoms with van der Waals surface area (Å²) < 4.78 is 1.86. The summed E-state index contributed by atoms with van der Waals surface area (Å²) in [7, 11) is 1.93. The van der Waals surface area contributed by atoms with Crippen LogP contribution in [0, 0.1) is 5.41 Å². The van der Waals surface area contributed by atoms with Crippen LogP contribution < -0.4 is 5.32 Å². The molecule has 0 saturated heterocycles. The fourth-order valence-corrected chi connectivity index (χ4v) is 1.36. The molecule has 4 heteroatoms. The maximum Gasteiger partial charge on any atom is 0.0518 e. The van der Waals surface area contributed by atoms with Gasteiger partial charge in [-0.25, -0.2) is 0 Å². The molecule has 1 atom stereocenters. The van der Waals surface area contributed by atoms with Crippen molar-refractivity contribution in [3.63, 3.8) is 0 Å². The zero-order chi connectivity index (χ0) is 11.3. The van der Waals surface area contributed by atoms with Crippen LogP contribution in [-0.4, -0.2) is 28.0 Å². The Morgan fingerprint density at radius 1 is 1.60 bits per heavy atom. The van der Waals surface area contributed by atoms with Gasteiger partial charge >= 0.3 is 0 Å². The van der Waals surface area contributed by atoms with E-state index >= 15 is 0 Å². The summed E-state index contributed by atoms with van der Waals surface area (Å²) in [5.74, 6) is 0. The zero-order valence-electron chi connectivity index (χ0n) is 9.82. The molecule has 1 aromatic rings. The predicted octanol–water partition coefficient (Wildman–Crippen LogP) is 0.918. The van der Waals surface area contributed by atoms with E-state index in [1.165, 1.54) is 0 Å². The molecule has 0 saturated carbocycles. The van der Waals surface area contributed by atoms with Crippen LogP contribution in [0.3, 0.4) is 0 Å². The Kier molecular flexibility index (Phi) is 4.29. The van der Waals surface area contributed by atoms with Crippen molar-refractivity contribution in [2.24, 2.45) is 12.5 Å². The fraction of sp³-hybridized carbons (Fsp3) is 0.727. The second-order valence-corrected chi connectivity index (χ2v) is 4.37. The third-order valence-electron chi connectivity index (χ3n) is 3.02. The molecular weight excluding hydrogens is 190 g/mol. The number of aromatic nitrogens is 2. The number of rotatable bonds is 6. The predicted molar refractivity (Wildman–Crippen MR) is 60.4 cm³/mol. The van der Waals surface area contributed by atoms with Gasteiger partial charge in [0.05, 0.1) is 5.69 Å². The highest BCUT2D eigenvalue weighted by Gasteiger charge is 2.20. The van der Waals surface area contributed by atoms with Gasteiger partial charge in [0.25, 0.3) is 0 Å². The van der Waals surface area contributed by atoms with E-state index in [9.17, 15) is 5.11 Å². The smallest absolute Gasteiger partial charge is 0.0518 e. The van der Waals surface area contributed by atoms with E-state index in [0.717, 1.165) is 25.2 Å². The first-order chi connectivity index (χ1) is 7.11. The fourth-order valence-electron chi connectivity index (χ4n) is 1.36. The quantitative estimate of drug-likeness (QED) is 0.735. The standard InChI is InChI=1S/C11H21N3O/c1-4-11(2,9-15)8-12-7-10-5-6-13-14(10)3/h5-6,12,15H,4,7-9H2,1-3H3. The lowest BCUT2D eigenvalue weighted by atomic mass is 9.89. The summed E-state index contributed by atoms with van der Waals surface area (Å²) in [4.78, 5) is 0. The molecule has 0 aliphatic carbocycles. The molecule has 0 amide bonds. The van der Waals surface area contributed by atoms with Crippen molar-refractivity contribution in [1.29, 1.82) is 0 Å². The molecule has 0 aromatic carbocycles. The second-order valence-electron chi connectivity index (χ2n) is 4.37. The highest BCUT2D eigenvalue weighted by atomic mass is 16.3. The molecule has 1 rings (SSSR count). The summed E-state index contributed by atoms with van der Waals surface area (Å²) in [6.45, 7) is 6.03. The minimum Gasteiger partial charge on any atom is -0.396 e. The van der Waals surface area contributed by atoms with Crippen LogP contribution in [0.2, 0.25) is 0 Å². The Balaban J connectivity index is 2.36. The molecule has 15 heavy (non-hydrogen) atoms. The normalized spacial score (nSPS) is 15.2. The van der Waals surface area contributed by atoms with Crippen LogP contribution in [-0.2, 0) is 13.6 Å². The first-order valence-corrected chi connectivity index (χ1v) is 5.40. The van der Waals surface area contributed by atoms with Crippen molar-refractivity contribution < 1.29 is 5.11 Å². The second kappa shape index (κ2) is 5.28. The number of aryl methyl sites for hydroxylation is 1. The highest BCUT2D eigenvalue weighted by Crippen LogP contribution is 2.18. The van der Waals surface area contributed by atoms with Gasteiger partial charge in [0, 0.05) is 38.4 Å². The van der Waals surface area contributed by atoms with E-state index in [1.807, 2.05) is 17.8 Å². The van der Waals surface area contributed by atoms with Gasteiger partial charge < -0.3 is 10.4 Å². The van der Waals surface area contributed by atoms with Crippen LogP contribution in [0.4, 0.5) is 0 Å². The average molecular weight is 211 g/mol. The Morgan fingerprint density at radius 3 is 2.80 bits per heavy atom. The topological polar surface area (TPSA) is 50.1 Å². The van der Waals surface area contributed by atoms with Crippen molar-refractivity contribution in [3.05, 3.63) is 18.0 Å². The van der Waals surface area contributed by atoms with E-state index < -0.39 is 0 Å². The van der Waals surface area contributed by atoms with Crippen LogP contribution in [0.15, 0.2) is 12.3 Å². The van der Waals surface area contributed by atoms with Crippen molar-refractivity contribution in [2.45, 2.75) is 26.8 Å². The van der Waals surface area contributed by atoms with E-state index in [1.54, 1.807) is 6.20 Å². The summed E-state index contributed by atoms with van der Waals surface area (Å²) in [5.41, 5.74) is 1.14. The highest BCUT2D eigenvalue weighted by molar-refractivity contribution is 4.99. The van der Waals surface area contributed by atoms with Crippen molar-refractivity contribution in [3.8, 4) is 0 Å². The molecule has 0 fully saturated rings. The number of hydrogen-bond donors (Lipinski definition) is 2. The van der Waals surface area contributed by atoms with Crippen molar-refractivity contribution in [2.75, 3.05) is 13.2 Å². The molecule has 0 aliphatic rings. The molecule has 4 nitrogen and oxygen atoms in total. The SMILES string of the molecule is CCC(C)(CO)CNCc1ccnn1C. The van der Waals surface area contributed by atoms with Crippen LogP contribution >= 0.6 is 0 Å². The molecule has 0 radical (unpaired) electrons. The summed E-state index contributed by atoms with van der Waals surface area (Å²) in [6.07, 6.45) is 2.77. The minimum absolute atomic E-state index is 0.0153.